The molecule has 484 valence electrons. The Balaban J connectivity index is 3.40. The third-order valence-electron chi connectivity index (χ3n) is 13.2. The number of hydrogen-bond acceptors (Lipinski definition) is 19. The van der Waals surface area contributed by atoms with Crippen molar-refractivity contribution in [3.8, 4) is 0 Å². The quantitative estimate of drug-likeness (QED) is 0.0154. The third-order valence-corrected chi connectivity index (χ3v) is 13.8. The first-order valence-electron chi connectivity index (χ1n) is 28.4. The number of rotatable bonds is 41. The summed E-state index contributed by atoms with van der Waals surface area (Å²) in [5.74, 6) is -11.5. The normalized spacial score (nSPS) is 17.2. The van der Waals surface area contributed by atoms with Gasteiger partial charge in [0.15, 0.2) is 5.96 Å². The van der Waals surface area contributed by atoms with Crippen LogP contribution in [0.1, 0.15) is 119 Å². The highest BCUT2D eigenvalue weighted by Crippen LogP contribution is 2.13. The van der Waals surface area contributed by atoms with Crippen molar-refractivity contribution in [3.05, 3.63) is 0 Å². The second-order valence-corrected chi connectivity index (χ2v) is 22.8. The van der Waals surface area contributed by atoms with Crippen molar-refractivity contribution in [1.29, 1.82) is 0 Å². The van der Waals surface area contributed by atoms with Crippen molar-refractivity contribution in [2.24, 2.45) is 45.5 Å². The maximum atomic E-state index is 14.3. The van der Waals surface area contributed by atoms with E-state index in [1.54, 1.807) is 27.7 Å². The van der Waals surface area contributed by atoms with Gasteiger partial charge in [-0.1, -0.05) is 27.7 Å². The Hall–Kier alpha value is -6.94. The van der Waals surface area contributed by atoms with Crippen LogP contribution in [0.25, 0.3) is 0 Å². The van der Waals surface area contributed by atoms with Gasteiger partial charge in [0.25, 0.3) is 0 Å². The number of amides is 12. The number of aliphatic imine (C=N–C) groups is 1. The fraction of sp³-hybridized carbons (Fsp3) is 0.750. The first-order chi connectivity index (χ1) is 39.8. The van der Waals surface area contributed by atoms with Crippen LogP contribution >= 0.6 is 11.8 Å². The van der Waals surface area contributed by atoms with Gasteiger partial charge in [-0.2, -0.15) is 11.8 Å². The van der Waals surface area contributed by atoms with Gasteiger partial charge in [-0.3, -0.25) is 62.5 Å². The minimum Gasteiger partial charge on any atom is -0.391 e. The highest BCUT2D eigenvalue weighted by molar-refractivity contribution is 7.98. The van der Waals surface area contributed by atoms with E-state index in [2.05, 4.69) is 63.5 Å². The summed E-state index contributed by atoms with van der Waals surface area (Å²) >= 11 is 1.46. The second kappa shape index (κ2) is 39.6. The van der Waals surface area contributed by atoms with Crippen molar-refractivity contribution in [2.75, 3.05) is 38.2 Å². The molecule has 32 nitrogen and oxygen atoms in total. The van der Waals surface area contributed by atoms with E-state index in [1.807, 2.05) is 6.26 Å². The first-order valence-corrected chi connectivity index (χ1v) is 29.8. The zero-order valence-corrected chi connectivity index (χ0v) is 50.8. The van der Waals surface area contributed by atoms with E-state index in [-0.39, 0.29) is 75.3 Å². The van der Waals surface area contributed by atoms with Crippen LogP contribution in [-0.2, 0) is 57.5 Å². The molecule has 0 aliphatic carbocycles. The molecular weight excluding hydrogens is 1130 g/mol. The van der Waals surface area contributed by atoms with Crippen LogP contribution in [0.3, 0.4) is 0 Å². The number of nitrogens with two attached hydrogens (primary N) is 5. The molecule has 13 atom stereocenters. The Morgan fingerprint density at radius 2 is 0.988 bits per heavy atom. The van der Waals surface area contributed by atoms with E-state index in [1.165, 1.54) is 18.7 Å². The van der Waals surface area contributed by atoms with Gasteiger partial charge in [0.1, 0.15) is 54.4 Å². The lowest BCUT2D eigenvalue weighted by Gasteiger charge is -2.29. The molecule has 1 fully saturated rings. The van der Waals surface area contributed by atoms with Gasteiger partial charge in [-0.05, 0) is 122 Å². The maximum Gasteiger partial charge on any atom is 0.245 e. The standard InChI is InChI=1S/C52H95N17O15S/c1-25(2)21-34(43(76)60-24-38(74)61-36(23-37(54)73)49(82)69-41(29(7)72)51(84)67-39(27(5)70)42(55)75)66-50(83)40(28(6)71)68-48(81)35(22-26(3)4)65-46(79)32(15-12-19-59-52(56)57)63-45(78)31(13-9-10-17-53)62-47(80)33(16-20-85-8)64-44(77)30-14-11-18-58-30/h25-36,39-41,58,70-72H,9-24,53H2,1-8H3,(H2,54,73)(H2,55,75)(H,60,76)(H,61,74)(H,62,80)(H,63,78)(H,64,77)(H,65,79)(H,66,83)(H,67,84)(H,68,81)(H,69,82)(H4,56,57,59). The van der Waals surface area contributed by atoms with Gasteiger partial charge in [-0.15, -0.1) is 0 Å². The number of carbonyl (C=O) groups excluding carboxylic acids is 12. The highest BCUT2D eigenvalue weighted by Gasteiger charge is 2.37. The average molecular weight is 1230 g/mol. The number of unbranched alkanes of at least 4 members (excludes halogenated alkanes) is 1. The molecule has 85 heavy (non-hydrogen) atoms. The summed E-state index contributed by atoms with van der Waals surface area (Å²) in [7, 11) is 0. The fourth-order valence-corrected chi connectivity index (χ4v) is 9.11. The van der Waals surface area contributed by atoms with Crippen molar-refractivity contribution in [1.82, 2.24) is 58.5 Å². The van der Waals surface area contributed by atoms with Crippen LogP contribution in [0.2, 0.25) is 0 Å². The number of thioether (sulfide) groups is 1. The number of hydrogen-bond donors (Lipinski definition) is 19. The smallest absolute Gasteiger partial charge is 0.245 e. The Morgan fingerprint density at radius 3 is 1.44 bits per heavy atom. The molecule has 1 rings (SSSR count). The summed E-state index contributed by atoms with van der Waals surface area (Å²) in [6.07, 6.45) is -1.10. The molecule has 1 aliphatic heterocycles. The first kappa shape index (κ1) is 76.1. The molecule has 0 aromatic heterocycles. The van der Waals surface area contributed by atoms with Gasteiger partial charge in [0.2, 0.25) is 70.9 Å². The van der Waals surface area contributed by atoms with Crippen molar-refractivity contribution in [2.45, 2.75) is 198 Å². The Bertz CT molecular complexity index is 2270. The topological polar surface area (TPSA) is 540 Å². The molecule has 0 radical (unpaired) electrons. The zero-order valence-electron chi connectivity index (χ0n) is 50.0. The molecular formula is C52H95N17O15S. The van der Waals surface area contributed by atoms with E-state index >= 15 is 0 Å². The Kier molecular flexibility index (Phi) is 35.5. The predicted octanol–water partition coefficient (Wildman–Crippen LogP) is -7.25. The number of aliphatic hydroxyl groups is 3. The number of aliphatic hydroxyl groups excluding tert-OH is 3. The largest absolute Gasteiger partial charge is 0.391 e. The van der Waals surface area contributed by atoms with Gasteiger partial charge in [0.05, 0.1) is 37.3 Å². The molecule has 24 N–H and O–H groups in total. The highest BCUT2D eigenvalue weighted by atomic mass is 32.2. The summed E-state index contributed by atoms with van der Waals surface area (Å²) in [5.41, 5.74) is 27.4. The lowest BCUT2D eigenvalue weighted by atomic mass is 10.00. The predicted molar refractivity (Wildman–Crippen MR) is 314 cm³/mol. The van der Waals surface area contributed by atoms with Gasteiger partial charge in [-0.25, -0.2) is 0 Å². The summed E-state index contributed by atoms with van der Waals surface area (Å²) in [6, 6.07) is -13.8. The van der Waals surface area contributed by atoms with Crippen LogP contribution in [-0.4, -0.2) is 209 Å². The summed E-state index contributed by atoms with van der Waals surface area (Å²) in [5, 5.41) is 58.7. The van der Waals surface area contributed by atoms with E-state index in [9.17, 15) is 72.9 Å². The Morgan fingerprint density at radius 1 is 0.541 bits per heavy atom. The number of primary amides is 2. The molecule has 12 amide bonds. The summed E-state index contributed by atoms with van der Waals surface area (Å²) < 4.78 is 0. The number of guanidine groups is 1. The molecule has 0 bridgehead atoms. The molecule has 33 heteroatoms. The molecule has 1 heterocycles. The zero-order chi connectivity index (χ0) is 64.7. The van der Waals surface area contributed by atoms with E-state index in [0.29, 0.717) is 31.6 Å². The van der Waals surface area contributed by atoms with Crippen LogP contribution in [0, 0.1) is 11.8 Å². The van der Waals surface area contributed by atoms with Crippen molar-refractivity contribution in [3.63, 3.8) is 0 Å². The minimum absolute atomic E-state index is 0.0299. The third kappa shape index (κ3) is 29.6. The maximum absolute atomic E-state index is 14.3. The van der Waals surface area contributed by atoms with Crippen LogP contribution in [0.15, 0.2) is 4.99 Å². The number of carbonyl (C=O) groups is 12. The monoisotopic (exact) mass is 1230 g/mol. The summed E-state index contributed by atoms with van der Waals surface area (Å²) in [4.78, 5) is 164. The Labute approximate surface area is 499 Å². The van der Waals surface area contributed by atoms with Crippen LogP contribution in [0.5, 0.6) is 0 Å². The van der Waals surface area contributed by atoms with Gasteiger partial charge in [0, 0.05) is 6.54 Å². The number of nitrogens with zero attached hydrogens (tertiary/aromatic N) is 1. The minimum atomic E-state index is -1.81. The molecule has 0 spiro atoms. The van der Waals surface area contributed by atoms with Crippen molar-refractivity contribution < 1.29 is 72.9 Å². The molecule has 1 saturated heterocycles. The second-order valence-electron chi connectivity index (χ2n) is 21.8. The molecule has 0 aromatic rings. The van der Waals surface area contributed by atoms with Gasteiger partial charge >= 0.3 is 0 Å². The van der Waals surface area contributed by atoms with Crippen molar-refractivity contribution >= 4 is 88.6 Å². The number of nitrogens with one attached hydrogen (secondary N) is 11. The van der Waals surface area contributed by atoms with Gasteiger partial charge < -0.3 is 102 Å². The average Bonchev–Trinajstić information content (AvgIpc) is 4.09. The molecule has 13 unspecified atom stereocenters. The molecule has 0 aromatic carbocycles. The lowest BCUT2D eigenvalue weighted by Crippen LogP contribution is -2.62. The molecule has 0 saturated carbocycles. The van der Waals surface area contributed by atoms with Crippen LogP contribution in [0.4, 0.5) is 0 Å². The van der Waals surface area contributed by atoms with E-state index < -0.39 is 157 Å². The van der Waals surface area contributed by atoms with Crippen LogP contribution < -0.4 is 87.2 Å². The SMILES string of the molecule is CSCCC(NC(=O)C1CCCN1)C(=O)NC(CCCCN)C(=O)NC(CCCN=C(N)N)C(=O)NC(CC(C)C)C(=O)NC(C(=O)NC(CC(C)C)C(=O)NCC(=O)NC(CC(N)=O)C(=O)NC(C(=O)NC(C(N)=O)C(C)O)C(C)O)C(C)O. The fourth-order valence-electron chi connectivity index (χ4n) is 8.64. The van der Waals surface area contributed by atoms with E-state index in [4.69, 9.17) is 28.7 Å². The summed E-state index contributed by atoms with van der Waals surface area (Å²) in [6.45, 7) is 10.4. The van der Waals surface area contributed by atoms with E-state index in [0.717, 1.165) is 20.3 Å². The lowest BCUT2D eigenvalue weighted by molar-refractivity contribution is -0.137. The molecule has 1 aliphatic rings.